The third-order valence-electron chi connectivity index (χ3n) is 2.09. The highest BCUT2D eigenvalue weighted by molar-refractivity contribution is 5.52. The van der Waals surface area contributed by atoms with Gasteiger partial charge in [-0.25, -0.2) is 0 Å². The van der Waals surface area contributed by atoms with Gasteiger partial charge in [-0.15, -0.1) is 0 Å². The third kappa shape index (κ3) is 2.11. The molecule has 0 aliphatic rings. The molecular formula is C12H10F2N2. The first-order valence-corrected chi connectivity index (χ1v) is 4.81. The van der Waals surface area contributed by atoms with Crippen molar-refractivity contribution in [1.82, 2.24) is 0 Å². The molecule has 2 aromatic carbocycles. The summed E-state index contributed by atoms with van der Waals surface area (Å²) in [6.45, 7) is 0. The molecule has 0 amide bonds. The van der Waals surface area contributed by atoms with Gasteiger partial charge in [0.15, 0.2) is 0 Å². The van der Waals surface area contributed by atoms with Crippen LogP contribution in [0.15, 0.2) is 60.7 Å². The minimum atomic E-state index is -0.0463. The maximum Gasteiger partial charge on any atom is 0.0960 e. The number of nitrogens with zero attached hydrogens (tertiary/aromatic N) is 2. The Kier molecular flexibility index (Phi) is 3.00. The van der Waals surface area contributed by atoms with E-state index < -0.39 is 0 Å². The fourth-order valence-corrected chi connectivity index (χ4v) is 1.30. The Morgan fingerprint density at radius 2 is 0.875 bits per heavy atom. The summed E-state index contributed by atoms with van der Waals surface area (Å²) in [5, 5.41) is -0.0926. The highest BCUT2D eigenvalue weighted by Crippen LogP contribution is 2.22. The minimum absolute atomic E-state index is 0.0463. The molecule has 0 atom stereocenters. The van der Waals surface area contributed by atoms with Crippen molar-refractivity contribution >= 4 is 11.4 Å². The van der Waals surface area contributed by atoms with Crippen LogP contribution in [0.25, 0.3) is 0 Å². The first kappa shape index (κ1) is 10.4. The lowest BCUT2D eigenvalue weighted by molar-refractivity contribution is 0.292. The van der Waals surface area contributed by atoms with Crippen molar-refractivity contribution in [3.05, 3.63) is 60.7 Å². The summed E-state index contributed by atoms with van der Waals surface area (Å²) in [4.78, 5) is 0. The Morgan fingerprint density at radius 1 is 0.562 bits per heavy atom. The van der Waals surface area contributed by atoms with Crippen LogP contribution in [0.2, 0.25) is 0 Å². The molecule has 0 spiro atoms. The Hall–Kier alpha value is -2.10. The molecule has 0 fully saturated rings. The van der Waals surface area contributed by atoms with Crippen molar-refractivity contribution in [2.24, 2.45) is 0 Å². The van der Waals surface area contributed by atoms with Gasteiger partial charge in [0.2, 0.25) is 0 Å². The number of para-hydroxylation sites is 2. The van der Waals surface area contributed by atoms with Crippen LogP contribution in [-0.2, 0) is 0 Å². The quantitative estimate of drug-likeness (QED) is 0.575. The average molecular weight is 220 g/mol. The molecule has 0 N–H and O–H groups in total. The first-order valence-electron chi connectivity index (χ1n) is 4.81. The Morgan fingerprint density at radius 3 is 1.19 bits per heavy atom. The van der Waals surface area contributed by atoms with Crippen LogP contribution in [0.4, 0.5) is 20.3 Å². The highest BCUT2D eigenvalue weighted by atomic mass is 19.2. The van der Waals surface area contributed by atoms with Crippen molar-refractivity contribution in [3.63, 3.8) is 0 Å². The number of halogens is 2. The SMILES string of the molecule is FN(c1ccccc1)N(F)c1ccccc1. The number of hydrazine groups is 1. The van der Waals surface area contributed by atoms with Crippen LogP contribution in [0.5, 0.6) is 0 Å². The fraction of sp³-hybridized carbons (Fsp3) is 0. The lowest BCUT2D eigenvalue weighted by Crippen LogP contribution is -2.29. The Labute approximate surface area is 92.2 Å². The molecule has 82 valence electrons. The monoisotopic (exact) mass is 220 g/mol. The van der Waals surface area contributed by atoms with Crippen LogP contribution in [-0.4, -0.2) is 0 Å². The predicted molar refractivity (Wildman–Crippen MR) is 60.1 cm³/mol. The van der Waals surface area contributed by atoms with E-state index in [-0.39, 0.29) is 21.8 Å². The zero-order valence-corrected chi connectivity index (χ0v) is 8.42. The molecule has 0 heterocycles. The first-order chi connectivity index (χ1) is 7.79. The summed E-state index contributed by atoms with van der Waals surface area (Å²) in [5.74, 6) is 0. The molecule has 0 aromatic heterocycles. The number of benzene rings is 2. The van der Waals surface area contributed by atoms with Gasteiger partial charge in [-0.05, 0) is 24.3 Å². The average Bonchev–Trinajstić information content (AvgIpc) is 2.39. The molecule has 2 aromatic rings. The molecule has 16 heavy (non-hydrogen) atoms. The van der Waals surface area contributed by atoms with E-state index in [2.05, 4.69) is 0 Å². The molecule has 2 nitrogen and oxygen atoms in total. The summed E-state index contributed by atoms with van der Waals surface area (Å²) in [6, 6.07) is 16.0. The zero-order valence-electron chi connectivity index (χ0n) is 8.42. The van der Waals surface area contributed by atoms with Crippen molar-refractivity contribution in [3.8, 4) is 0 Å². The van der Waals surface area contributed by atoms with Gasteiger partial charge in [-0.3, -0.25) is 0 Å². The molecule has 0 aliphatic carbocycles. The van der Waals surface area contributed by atoms with Crippen LogP contribution >= 0.6 is 0 Å². The molecule has 0 bridgehead atoms. The number of hydrogen-bond donors (Lipinski definition) is 0. The smallest absolute Gasteiger partial charge is 0.0876 e. The molecular weight excluding hydrogens is 210 g/mol. The maximum atomic E-state index is 13.6. The Bertz CT molecular complexity index is 390. The summed E-state index contributed by atoms with van der Waals surface area (Å²) < 4.78 is 27.2. The van der Waals surface area contributed by atoms with E-state index in [0.29, 0.717) is 0 Å². The van der Waals surface area contributed by atoms with Crippen LogP contribution in [0.3, 0.4) is 0 Å². The van der Waals surface area contributed by atoms with Gasteiger partial charge >= 0.3 is 0 Å². The van der Waals surface area contributed by atoms with Crippen LogP contribution in [0, 0.1) is 0 Å². The molecule has 0 aliphatic heterocycles. The van der Waals surface area contributed by atoms with Gasteiger partial charge in [0.1, 0.15) is 0 Å². The second-order valence-corrected chi connectivity index (χ2v) is 3.19. The lowest BCUT2D eigenvalue weighted by atomic mass is 10.3. The maximum absolute atomic E-state index is 13.6. The van der Waals surface area contributed by atoms with E-state index in [9.17, 15) is 8.96 Å². The topological polar surface area (TPSA) is 6.48 Å². The zero-order chi connectivity index (χ0) is 11.4. The summed E-state index contributed by atoms with van der Waals surface area (Å²) in [5.41, 5.74) is 0.266. The highest BCUT2D eigenvalue weighted by Gasteiger charge is 2.15. The number of rotatable bonds is 3. The van der Waals surface area contributed by atoms with Gasteiger partial charge in [0.25, 0.3) is 0 Å². The molecule has 0 saturated carbocycles. The molecule has 4 heteroatoms. The fourth-order valence-electron chi connectivity index (χ4n) is 1.30. The van der Waals surface area contributed by atoms with Gasteiger partial charge in [0, 0.05) is 0 Å². The van der Waals surface area contributed by atoms with Crippen molar-refractivity contribution in [2.45, 2.75) is 0 Å². The van der Waals surface area contributed by atoms with Crippen LogP contribution in [0.1, 0.15) is 0 Å². The lowest BCUT2D eigenvalue weighted by Gasteiger charge is -2.21. The van der Waals surface area contributed by atoms with Crippen molar-refractivity contribution in [2.75, 3.05) is 10.5 Å². The van der Waals surface area contributed by atoms with Crippen molar-refractivity contribution < 1.29 is 8.96 Å². The normalized spacial score (nSPS) is 9.88. The van der Waals surface area contributed by atoms with E-state index >= 15 is 0 Å². The van der Waals surface area contributed by atoms with Gasteiger partial charge < -0.3 is 0 Å². The van der Waals surface area contributed by atoms with E-state index in [1.807, 2.05) is 0 Å². The number of hydrogen-bond acceptors (Lipinski definition) is 2. The largest absolute Gasteiger partial charge is 0.0960 e. The van der Waals surface area contributed by atoms with Crippen LogP contribution < -0.4 is 10.5 Å². The van der Waals surface area contributed by atoms with Gasteiger partial charge in [0.05, 0.1) is 11.4 Å². The summed E-state index contributed by atoms with van der Waals surface area (Å²) in [7, 11) is 0. The predicted octanol–water partition coefficient (Wildman–Crippen LogP) is 3.68. The van der Waals surface area contributed by atoms with E-state index in [1.165, 1.54) is 24.3 Å². The van der Waals surface area contributed by atoms with E-state index in [1.54, 1.807) is 36.4 Å². The minimum Gasteiger partial charge on any atom is -0.0876 e. The van der Waals surface area contributed by atoms with Gasteiger partial charge in [-0.2, -0.15) is 0 Å². The molecule has 2 rings (SSSR count). The number of anilines is 2. The standard InChI is InChI=1S/C12H10F2N2/c13-15(11-7-3-1-4-8-11)16(14)12-9-5-2-6-10-12/h1-10H. The second kappa shape index (κ2) is 4.61. The van der Waals surface area contributed by atoms with E-state index in [4.69, 9.17) is 0 Å². The van der Waals surface area contributed by atoms with E-state index in [0.717, 1.165) is 0 Å². The second-order valence-electron chi connectivity index (χ2n) is 3.19. The molecule has 0 radical (unpaired) electrons. The molecule has 0 saturated heterocycles. The summed E-state index contributed by atoms with van der Waals surface area (Å²) in [6.07, 6.45) is 0. The third-order valence-corrected chi connectivity index (χ3v) is 2.09. The molecule has 0 unspecified atom stereocenters. The summed E-state index contributed by atoms with van der Waals surface area (Å²) >= 11 is 0. The Balaban J connectivity index is 2.20. The van der Waals surface area contributed by atoms with Crippen molar-refractivity contribution in [1.29, 1.82) is 0 Å². The van der Waals surface area contributed by atoms with Gasteiger partial charge in [-0.1, -0.05) is 55.8 Å².